The zero-order valence-electron chi connectivity index (χ0n) is 17.2. The van der Waals surface area contributed by atoms with Gasteiger partial charge in [0.05, 0.1) is 5.69 Å². The third-order valence-electron chi connectivity index (χ3n) is 4.95. The number of fused-ring (bicyclic) bond motifs is 1. The van der Waals surface area contributed by atoms with Crippen LogP contribution in [0.5, 0.6) is 5.75 Å². The highest BCUT2D eigenvalue weighted by Gasteiger charge is 2.31. The number of likely N-dealkylation sites (N-methyl/N-ethyl adjacent to an activating group) is 1. The summed E-state index contributed by atoms with van der Waals surface area (Å²) in [6.45, 7) is 7.13. The molecule has 30 heavy (non-hydrogen) atoms. The number of anilines is 1. The first-order valence-electron chi connectivity index (χ1n) is 10.1. The Bertz CT molecular complexity index is 924. The summed E-state index contributed by atoms with van der Waals surface area (Å²) in [5.74, 6) is -0.454. The van der Waals surface area contributed by atoms with Gasteiger partial charge in [0.1, 0.15) is 12.4 Å². The van der Waals surface area contributed by atoms with Crippen LogP contribution in [0.3, 0.4) is 0 Å². The topological polar surface area (TPSA) is 61.9 Å². The predicted octanol–water partition coefficient (Wildman–Crippen LogP) is 3.05. The van der Waals surface area contributed by atoms with Crippen LogP contribution in [-0.2, 0) is 9.59 Å². The smallest absolute Gasteiger partial charge is 0.294 e. The Morgan fingerprint density at radius 1 is 1.13 bits per heavy atom. The van der Waals surface area contributed by atoms with Crippen molar-refractivity contribution in [2.24, 2.45) is 0 Å². The van der Waals surface area contributed by atoms with Crippen LogP contribution in [0.15, 0.2) is 54.3 Å². The maximum atomic E-state index is 13.2. The fourth-order valence-electron chi connectivity index (χ4n) is 3.22. The maximum Gasteiger partial charge on any atom is 0.294 e. The Kier molecular flexibility index (Phi) is 7.19. The van der Waals surface area contributed by atoms with Gasteiger partial charge >= 0.3 is 0 Å². The quantitative estimate of drug-likeness (QED) is 0.679. The third-order valence-corrected chi connectivity index (χ3v) is 4.95. The molecule has 1 aliphatic heterocycles. The number of para-hydroxylation sites is 2. The van der Waals surface area contributed by atoms with Gasteiger partial charge in [0, 0.05) is 13.1 Å². The molecule has 7 heteroatoms. The van der Waals surface area contributed by atoms with Gasteiger partial charge in [0.15, 0.2) is 11.5 Å². The summed E-state index contributed by atoms with van der Waals surface area (Å²) in [6, 6.07) is 12.8. The molecule has 6 nitrogen and oxygen atoms in total. The van der Waals surface area contributed by atoms with Gasteiger partial charge in [-0.05, 0) is 49.0 Å². The van der Waals surface area contributed by atoms with E-state index in [4.69, 9.17) is 4.74 Å². The average molecular weight is 411 g/mol. The zero-order valence-corrected chi connectivity index (χ0v) is 17.2. The van der Waals surface area contributed by atoms with Gasteiger partial charge in [-0.2, -0.15) is 0 Å². The molecular formula is C23H26FN3O3. The number of hydrogen-bond acceptors (Lipinski definition) is 4. The monoisotopic (exact) mass is 411 g/mol. The standard InChI is InChI=1S/C23H26FN3O3/c1-3-26(4-2)14-13-25-22(28)16-27-19-7-5-6-8-20(19)30-21(23(27)29)15-17-9-11-18(24)12-10-17/h5-12,15H,3-4,13-14,16H2,1-2H3,(H,25,28). The molecule has 1 N–H and O–H groups in total. The van der Waals surface area contributed by atoms with Crippen molar-refractivity contribution in [1.29, 1.82) is 0 Å². The minimum absolute atomic E-state index is 0.0799. The number of rotatable bonds is 8. The molecule has 0 aliphatic carbocycles. The average Bonchev–Trinajstić information content (AvgIpc) is 2.75. The molecular weight excluding hydrogens is 385 g/mol. The Hall–Kier alpha value is -3.19. The molecule has 0 spiro atoms. The van der Waals surface area contributed by atoms with Crippen LogP contribution in [0.4, 0.5) is 10.1 Å². The molecule has 0 radical (unpaired) electrons. The SMILES string of the molecule is CCN(CC)CCNC(=O)CN1C(=O)C(=Cc2ccc(F)cc2)Oc2ccccc21. The largest absolute Gasteiger partial charge is 0.449 e. The number of nitrogens with zero attached hydrogens (tertiary/aromatic N) is 2. The fourth-order valence-corrected chi connectivity index (χ4v) is 3.22. The Balaban J connectivity index is 1.76. The molecule has 0 bridgehead atoms. The highest BCUT2D eigenvalue weighted by atomic mass is 19.1. The summed E-state index contributed by atoms with van der Waals surface area (Å²) >= 11 is 0. The summed E-state index contributed by atoms with van der Waals surface area (Å²) in [5.41, 5.74) is 1.17. The van der Waals surface area contributed by atoms with E-state index in [-0.39, 0.29) is 24.0 Å². The molecule has 0 aromatic heterocycles. The second-order valence-electron chi connectivity index (χ2n) is 6.90. The number of benzene rings is 2. The maximum absolute atomic E-state index is 13.2. The van der Waals surface area contributed by atoms with Crippen LogP contribution in [0, 0.1) is 5.82 Å². The molecule has 3 rings (SSSR count). The Labute approximate surface area is 175 Å². The zero-order chi connectivity index (χ0) is 21.5. The lowest BCUT2D eigenvalue weighted by molar-refractivity contribution is -0.123. The van der Waals surface area contributed by atoms with Gasteiger partial charge in [-0.25, -0.2) is 4.39 Å². The van der Waals surface area contributed by atoms with Crippen LogP contribution in [0.25, 0.3) is 6.08 Å². The second-order valence-corrected chi connectivity index (χ2v) is 6.90. The molecule has 0 saturated carbocycles. The van der Waals surface area contributed by atoms with Gasteiger partial charge in [-0.1, -0.05) is 38.1 Å². The lowest BCUT2D eigenvalue weighted by atomic mass is 10.1. The molecule has 2 aromatic rings. The number of ether oxygens (including phenoxy) is 1. The third kappa shape index (κ3) is 5.24. The molecule has 2 amide bonds. The van der Waals surface area contributed by atoms with Crippen molar-refractivity contribution in [2.75, 3.05) is 37.6 Å². The van der Waals surface area contributed by atoms with E-state index in [1.807, 2.05) is 0 Å². The van der Waals surface area contributed by atoms with Crippen molar-refractivity contribution in [1.82, 2.24) is 10.2 Å². The van der Waals surface area contributed by atoms with E-state index in [2.05, 4.69) is 24.1 Å². The van der Waals surface area contributed by atoms with E-state index >= 15 is 0 Å². The first-order valence-corrected chi connectivity index (χ1v) is 10.1. The molecule has 0 unspecified atom stereocenters. The van der Waals surface area contributed by atoms with E-state index in [9.17, 15) is 14.0 Å². The van der Waals surface area contributed by atoms with Crippen molar-refractivity contribution < 1.29 is 18.7 Å². The van der Waals surface area contributed by atoms with Crippen molar-refractivity contribution in [3.8, 4) is 5.75 Å². The van der Waals surface area contributed by atoms with Gasteiger partial charge < -0.3 is 15.0 Å². The van der Waals surface area contributed by atoms with Crippen LogP contribution < -0.4 is 15.0 Å². The molecule has 1 heterocycles. The van der Waals surface area contributed by atoms with Gasteiger partial charge in [-0.3, -0.25) is 14.5 Å². The van der Waals surface area contributed by atoms with Crippen molar-refractivity contribution in [3.63, 3.8) is 0 Å². The lowest BCUT2D eigenvalue weighted by Crippen LogP contribution is -2.45. The highest BCUT2D eigenvalue weighted by Crippen LogP contribution is 2.35. The summed E-state index contributed by atoms with van der Waals surface area (Å²) in [4.78, 5) is 29.2. The second kappa shape index (κ2) is 10.0. The van der Waals surface area contributed by atoms with Crippen molar-refractivity contribution >= 4 is 23.6 Å². The van der Waals surface area contributed by atoms with Gasteiger partial charge in [0.25, 0.3) is 5.91 Å². The fraction of sp³-hybridized carbons (Fsp3) is 0.304. The van der Waals surface area contributed by atoms with E-state index in [1.165, 1.54) is 17.0 Å². The van der Waals surface area contributed by atoms with Crippen molar-refractivity contribution in [2.45, 2.75) is 13.8 Å². The first kappa shape index (κ1) is 21.5. The number of hydrogen-bond donors (Lipinski definition) is 1. The molecule has 158 valence electrons. The number of carbonyl (C=O) groups excluding carboxylic acids is 2. The number of carbonyl (C=O) groups is 2. The van der Waals surface area contributed by atoms with Crippen LogP contribution >= 0.6 is 0 Å². The Morgan fingerprint density at radius 2 is 1.83 bits per heavy atom. The summed E-state index contributed by atoms with van der Waals surface area (Å²) in [7, 11) is 0. The van der Waals surface area contributed by atoms with E-state index < -0.39 is 5.91 Å². The molecule has 0 atom stereocenters. The molecule has 2 aromatic carbocycles. The summed E-state index contributed by atoms with van der Waals surface area (Å²) < 4.78 is 18.9. The lowest BCUT2D eigenvalue weighted by Gasteiger charge is -2.30. The summed E-state index contributed by atoms with van der Waals surface area (Å²) in [5, 5.41) is 2.87. The Morgan fingerprint density at radius 3 is 2.53 bits per heavy atom. The minimum atomic E-state index is -0.420. The minimum Gasteiger partial charge on any atom is -0.449 e. The van der Waals surface area contributed by atoms with E-state index in [1.54, 1.807) is 42.5 Å². The van der Waals surface area contributed by atoms with Gasteiger partial charge in [0.2, 0.25) is 5.91 Å². The van der Waals surface area contributed by atoms with E-state index in [0.717, 1.165) is 19.6 Å². The highest BCUT2D eigenvalue weighted by molar-refractivity contribution is 6.12. The molecule has 0 saturated heterocycles. The number of halogens is 1. The summed E-state index contributed by atoms with van der Waals surface area (Å²) in [6.07, 6.45) is 1.54. The van der Waals surface area contributed by atoms with Crippen LogP contribution in [0.1, 0.15) is 19.4 Å². The predicted molar refractivity (Wildman–Crippen MR) is 115 cm³/mol. The number of nitrogens with one attached hydrogen (secondary N) is 1. The molecule has 1 aliphatic rings. The van der Waals surface area contributed by atoms with Gasteiger partial charge in [-0.15, -0.1) is 0 Å². The number of amides is 2. The normalized spacial score (nSPS) is 14.6. The van der Waals surface area contributed by atoms with E-state index in [0.29, 0.717) is 23.5 Å². The van der Waals surface area contributed by atoms with Crippen molar-refractivity contribution in [3.05, 3.63) is 65.7 Å². The first-order chi connectivity index (χ1) is 14.5. The molecule has 0 fully saturated rings. The van der Waals surface area contributed by atoms with Crippen LogP contribution in [-0.4, -0.2) is 49.4 Å². The van der Waals surface area contributed by atoms with Crippen LogP contribution in [0.2, 0.25) is 0 Å².